The molecule has 0 spiro atoms. The lowest BCUT2D eigenvalue weighted by molar-refractivity contribution is -0.144. The Morgan fingerprint density at radius 1 is 1.44 bits per heavy atom. The third-order valence-electron chi connectivity index (χ3n) is 3.59. The molecule has 2 unspecified atom stereocenters. The number of esters is 1. The molecule has 1 aromatic carbocycles. The molecule has 136 valence electrons. The van der Waals surface area contributed by atoms with Gasteiger partial charge in [-0.1, -0.05) is 15.9 Å². The van der Waals surface area contributed by atoms with E-state index in [1.54, 1.807) is 6.92 Å². The molecule has 10 heteroatoms. The highest BCUT2D eigenvalue weighted by molar-refractivity contribution is 9.10. The maximum Gasteiger partial charge on any atom is 0.417 e. The van der Waals surface area contributed by atoms with E-state index in [9.17, 15) is 22.8 Å². The molecule has 1 N–H and O–H groups in total. The first-order valence-corrected chi connectivity index (χ1v) is 8.13. The summed E-state index contributed by atoms with van der Waals surface area (Å²) in [6.07, 6.45) is -4.58. The van der Waals surface area contributed by atoms with Crippen LogP contribution in [0.5, 0.6) is 0 Å². The predicted octanol–water partition coefficient (Wildman–Crippen LogP) is 3.95. The van der Waals surface area contributed by atoms with E-state index in [1.807, 2.05) is 0 Å². The van der Waals surface area contributed by atoms with Gasteiger partial charge in [-0.3, -0.25) is 4.79 Å². The van der Waals surface area contributed by atoms with Gasteiger partial charge < -0.3 is 10.1 Å². The maximum atomic E-state index is 12.9. The normalized spacial score (nSPS) is 22.7. The molecule has 2 rings (SSSR count). The van der Waals surface area contributed by atoms with E-state index in [0.29, 0.717) is 0 Å². The summed E-state index contributed by atoms with van der Waals surface area (Å²) in [6.45, 7) is 3.27. The molecule has 0 bridgehead atoms. The Morgan fingerprint density at radius 2 is 2.12 bits per heavy atom. The molecular weight excluding hydrogens is 407 g/mol. The molecule has 0 aliphatic carbocycles. The van der Waals surface area contributed by atoms with Crippen LogP contribution in [0.4, 0.5) is 18.9 Å². The van der Waals surface area contributed by atoms with Gasteiger partial charge in [-0.25, -0.2) is 4.79 Å². The van der Waals surface area contributed by atoms with Crippen molar-refractivity contribution in [1.82, 2.24) is 0 Å². The quantitative estimate of drug-likeness (QED) is 0.747. The molecular formula is C15H15BrF3N3O3. The first kappa shape index (κ1) is 19.4. The van der Waals surface area contributed by atoms with Crippen LogP contribution in [0, 0.1) is 0 Å². The number of carbonyl (C=O) groups is 2. The molecule has 6 nitrogen and oxygen atoms in total. The standard InChI is InChI=1S/C15H15BrF3N3O3/c1-3-25-12(23)11-7-14(2,22-21-11)13(24)20-8-4-5-10(16)9(6-8)15(17,18)19/h4-6,11H,3,7H2,1-2H3,(H,20,24). The number of nitrogens with zero attached hydrogens (tertiary/aromatic N) is 2. The minimum Gasteiger partial charge on any atom is -0.464 e. The minimum absolute atomic E-state index is 0.0136. The second-order valence-electron chi connectivity index (χ2n) is 5.61. The van der Waals surface area contributed by atoms with Gasteiger partial charge in [0.2, 0.25) is 0 Å². The van der Waals surface area contributed by atoms with Crippen molar-refractivity contribution in [3.05, 3.63) is 28.2 Å². The van der Waals surface area contributed by atoms with E-state index in [4.69, 9.17) is 4.74 Å². The van der Waals surface area contributed by atoms with Crippen LogP contribution in [-0.2, 0) is 20.5 Å². The molecule has 0 saturated heterocycles. The third kappa shape index (κ3) is 4.36. The van der Waals surface area contributed by atoms with Crippen LogP contribution in [0.25, 0.3) is 0 Å². The van der Waals surface area contributed by atoms with E-state index in [1.165, 1.54) is 19.1 Å². The first-order valence-electron chi connectivity index (χ1n) is 7.33. The fraction of sp³-hybridized carbons (Fsp3) is 0.467. The molecule has 1 amide bonds. The van der Waals surface area contributed by atoms with Gasteiger partial charge in [-0.2, -0.15) is 23.4 Å². The summed E-state index contributed by atoms with van der Waals surface area (Å²) in [4.78, 5) is 24.1. The largest absolute Gasteiger partial charge is 0.464 e. The van der Waals surface area contributed by atoms with E-state index < -0.39 is 35.2 Å². The summed E-state index contributed by atoms with van der Waals surface area (Å²) in [6, 6.07) is 2.44. The van der Waals surface area contributed by atoms with Gasteiger partial charge in [0, 0.05) is 16.6 Å². The summed E-state index contributed by atoms with van der Waals surface area (Å²) in [5.41, 5.74) is -2.30. The smallest absolute Gasteiger partial charge is 0.417 e. The number of alkyl halides is 3. The topological polar surface area (TPSA) is 80.1 Å². The Kier molecular flexibility index (Phi) is 5.50. The second-order valence-corrected chi connectivity index (χ2v) is 6.46. The van der Waals surface area contributed by atoms with Crippen LogP contribution in [0.3, 0.4) is 0 Å². The van der Waals surface area contributed by atoms with Crippen molar-refractivity contribution >= 4 is 33.5 Å². The van der Waals surface area contributed by atoms with Gasteiger partial charge in [-0.05, 0) is 32.0 Å². The lowest BCUT2D eigenvalue weighted by atomic mass is 9.94. The first-order chi connectivity index (χ1) is 11.6. The van der Waals surface area contributed by atoms with E-state index >= 15 is 0 Å². The molecule has 0 aromatic heterocycles. The summed E-state index contributed by atoms with van der Waals surface area (Å²) in [5, 5.41) is 9.95. The Bertz CT molecular complexity index is 724. The average Bonchev–Trinajstić information content (AvgIpc) is 2.92. The monoisotopic (exact) mass is 421 g/mol. The Balaban J connectivity index is 2.13. The number of anilines is 1. The highest BCUT2D eigenvalue weighted by Gasteiger charge is 2.44. The fourth-order valence-corrected chi connectivity index (χ4v) is 2.72. The molecule has 1 aromatic rings. The van der Waals surface area contributed by atoms with Gasteiger partial charge >= 0.3 is 12.1 Å². The van der Waals surface area contributed by atoms with Crippen LogP contribution >= 0.6 is 15.9 Å². The summed E-state index contributed by atoms with van der Waals surface area (Å²) >= 11 is 2.83. The highest BCUT2D eigenvalue weighted by Crippen LogP contribution is 2.37. The van der Waals surface area contributed by atoms with Crippen LogP contribution in [-0.4, -0.2) is 30.1 Å². The van der Waals surface area contributed by atoms with Crippen molar-refractivity contribution < 1.29 is 27.5 Å². The molecule has 25 heavy (non-hydrogen) atoms. The van der Waals surface area contributed by atoms with Crippen LogP contribution in [0.1, 0.15) is 25.8 Å². The number of amides is 1. The SMILES string of the molecule is CCOC(=O)C1CC(C)(C(=O)Nc2ccc(Br)c(C(F)(F)F)c2)N=N1. The van der Waals surface area contributed by atoms with E-state index in [0.717, 1.165) is 6.07 Å². The van der Waals surface area contributed by atoms with Gasteiger partial charge in [0.25, 0.3) is 5.91 Å². The molecule has 1 heterocycles. The number of hydrogen-bond donors (Lipinski definition) is 1. The van der Waals surface area contributed by atoms with E-state index in [2.05, 4.69) is 31.5 Å². The number of benzene rings is 1. The van der Waals surface area contributed by atoms with Crippen molar-refractivity contribution in [2.45, 2.75) is 38.0 Å². The maximum absolute atomic E-state index is 12.9. The summed E-state index contributed by atoms with van der Waals surface area (Å²) in [7, 11) is 0. The number of carbonyl (C=O) groups excluding carboxylic acids is 2. The highest BCUT2D eigenvalue weighted by atomic mass is 79.9. The second kappa shape index (κ2) is 7.11. The van der Waals surface area contributed by atoms with Gasteiger partial charge in [0.05, 0.1) is 12.2 Å². The van der Waals surface area contributed by atoms with Crippen molar-refractivity contribution in [2.24, 2.45) is 10.2 Å². The molecule has 1 aliphatic heterocycles. The number of rotatable bonds is 4. The fourth-order valence-electron chi connectivity index (χ4n) is 2.25. The van der Waals surface area contributed by atoms with Gasteiger partial charge in [0.1, 0.15) is 0 Å². The van der Waals surface area contributed by atoms with Crippen LogP contribution in [0.15, 0.2) is 32.9 Å². The number of azo groups is 1. The van der Waals surface area contributed by atoms with Crippen LogP contribution in [0.2, 0.25) is 0 Å². The summed E-state index contributed by atoms with van der Waals surface area (Å²) < 4.78 is 43.5. The third-order valence-corrected chi connectivity index (χ3v) is 4.28. The Labute approximate surface area is 150 Å². The van der Waals surface area contributed by atoms with Crippen LogP contribution < -0.4 is 5.32 Å². The molecule has 1 aliphatic rings. The minimum atomic E-state index is -4.56. The molecule has 0 saturated carbocycles. The number of hydrogen-bond acceptors (Lipinski definition) is 5. The zero-order valence-corrected chi connectivity index (χ0v) is 14.9. The van der Waals surface area contributed by atoms with Crippen molar-refractivity contribution in [3.8, 4) is 0 Å². The lowest BCUT2D eigenvalue weighted by Gasteiger charge is -2.19. The zero-order chi connectivity index (χ0) is 18.8. The predicted molar refractivity (Wildman–Crippen MR) is 86.1 cm³/mol. The Hall–Kier alpha value is -1.97. The van der Waals surface area contributed by atoms with E-state index in [-0.39, 0.29) is 23.2 Å². The summed E-state index contributed by atoms with van der Waals surface area (Å²) in [5.74, 6) is -1.25. The average molecular weight is 422 g/mol. The van der Waals surface area contributed by atoms with Crippen molar-refractivity contribution in [1.29, 1.82) is 0 Å². The number of nitrogens with one attached hydrogen (secondary N) is 1. The number of halogens is 4. The number of ether oxygens (including phenoxy) is 1. The van der Waals surface area contributed by atoms with Crippen molar-refractivity contribution in [3.63, 3.8) is 0 Å². The molecule has 0 radical (unpaired) electrons. The van der Waals surface area contributed by atoms with Gasteiger partial charge in [0.15, 0.2) is 11.6 Å². The zero-order valence-electron chi connectivity index (χ0n) is 13.4. The molecule has 2 atom stereocenters. The van der Waals surface area contributed by atoms with Crippen molar-refractivity contribution in [2.75, 3.05) is 11.9 Å². The van der Waals surface area contributed by atoms with Gasteiger partial charge in [-0.15, -0.1) is 0 Å². The molecule has 0 fully saturated rings. The lowest BCUT2D eigenvalue weighted by Crippen LogP contribution is -2.39. The Morgan fingerprint density at radius 3 is 2.72 bits per heavy atom.